The summed E-state index contributed by atoms with van der Waals surface area (Å²) < 4.78 is 27.3. The van der Waals surface area contributed by atoms with Crippen LogP contribution in [-0.2, 0) is 21.4 Å². The van der Waals surface area contributed by atoms with Crippen molar-refractivity contribution in [3.63, 3.8) is 0 Å². The first-order valence-electron chi connectivity index (χ1n) is 11.7. The first-order valence-corrected chi connectivity index (χ1v) is 13.1. The highest BCUT2D eigenvalue weighted by atomic mass is 32.2. The zero-order valence-electron chi connectivity index (χ0n) is 19.4. The minimum atomic E-state index is -3.68. The van der Waals surface area contributed by atoms with Gasteiger partial charge < -0.3 is 15.1 Å². The van der Waals surface area contributed by atoms with Crippen LogP contribution in [0.4, 0.5) is 5.82 Å². The van der Waals surface area contributed by atoms with Crippen LogP contribution in [0.25, 0.3) is 0 Å². The van der Waals surface area contributed by atoms with Crippen LogP contribution in [0.1, 0.15) is 42.1 Å². The van der Waals surface area contributed by atoms with E-state index in [2.05, 4.69) is 15.2 Å². The van der Waals surface area contributed by atoms with Gasteiger partial charge in [0.05, 0.1) is 4.90 Å². The molecule has 1 aromatic carbocycles. The summed E-state index contributed by atoms with van der Waals surface area (Å²) in [6.45, 7) is 5.04. The fourth-order valence-electron chi connectivity index (χ4n) is 4.41. The molecule has 3 heterocycles. The number of nitrogens with one attached hydrogen (secondary N) is 1. The van der Waals surface area contributed by atoms with Crippen molar-refractivity contribution in [3.05, 3.63) is 53.7 Å². The third-order valence-electron chi connectivity index (χ3n) is 6.40. The van der Waals surface area contributed by atoms with E-state index in [0.717, 1.165) is 37.3 Å². The van der Waals surface area contributed by atoms with E-state index in [-0.39, 0.29) is 29.8 Å². The summed E-state index contributed by atoms with van der Waals surface area (Å²) in [5, 5.41) is 2.93. The van der Waals surface area contributed by atoms with E-state index < -0.39 is 10.0 Å². The molecule has 1 N–H and O–H groups in total. The number of hydrogen-bond donors (Lipinski definition) is 1. The van der Waals surface area contributed by atoms with E-state index in [1.807, 2.05) is 12.1 Å². The summed E-state index contributed by atoms with van der Waals surface area (Å²) in [6, 6.07) is 9.82. The van der Waals surface area contributed by atoms with Crippen molar-refractivity contribution >= 4 is 27.7 Å². The average molecular weight is 486 g/mol. The smallest absolute Gasteiger partial charge is 0.251 e. The van der Waals surface area contributed by atoms with Gasteiger partial charge in [0.15, 0.2) is 0 Å². The first-order chi connectivity index (χ1) is 16.4. The van der Waals surface area contributed by atoms with Gasteiger partial charge >= 0.3 is 0 Å². The number of nitrogens with zero attached hydrogens (tertiary/aromatic N) is 4. The zero-order chi connectivity index (χ0) is 24.1. The molecule has 0 radical (unpaired) electrons. The van der Waals surface area contributed by atoms with Gasteiger partial charge in [-0.25, -0.2) is 13.4 Å². The second-order valence-corrected chi connectivity index (χ2v) is 10.6. The molecule has 2 fully saturated rings. The minimum absolute atomic E-state index is 0.0539. The van der Waals surface area contributed by atoms with E-state index in [9.17, 15) is 18.0 Å². The Hall–Kier alpha value is -2.98. The number of carbonyl (C=O) groups is 2. The molecule has 2 aromatic rings. The number of amides is 2. The molecule has 182 valence electrons. The van der Waals surface area contributed by atoms with Crippen molar-refractivity contribution in [2.24, 2.45) is 0 Å². The molecule has 9 nitrogen and oxygen atoms in total. The van der Waals surface area contributed by atoms with E-state index >= 15 is 0 Å². The van der Waals surface area contributed by atoms with Gasteiger partial charge in [0.25, 0.3) is 5.91 Å². The molecule has 2 aliphatic rings. The van der Waals surface area contributed by atoms with Crippen molar-refractivity contribution < 1.29 is 18.0 Å². The Bertz CT molecular complexity index is 1120. The van der Waals surface area contributed by atoms with Crippen molar-refractivity contribution in [1.82, 2.24) is 19.5 Å². The molecule has 2 aliphatic heterocycles. The number of hydrogen-bond acceptors (Lipinski definition) is 6. The van der Waals surface area contributed by atoms with Crippen LogP contribution >= 0.6 is 0 Å². The second kappa shape index (κ2) is 10.5. The quantitative estimate of drug-likeness (QED) is 0.670. The van der Waals surface area contributed by atoms with Gasteiger partial charge in [-0.3, -0.25) is 9.59 Å². The number of rotatable bonds is 6. The fraction of sp³-hybridized carbons (Fsp3) is 0.458. The number of anilines is 1. The van der Waals surface area contributed by atoms with Crippen LogP contribution in [0.3, 0.4) is 0 Å². The normalized spacial score (nSPS) is 17.4. The number of carbonyl (C=O) groups excluding carboxylic acids is 2. The lowest BCUT2D eigenvalue weighted by molar-refractivity contribution is -0.129. The lowest BCUT2D eigenvalue weighted by atomic mass is 10.1. The molecule has 0 bridgehead atoms. The van der Waals surface area contributed by atoms with Crippen LogP contribution in [0.2, 0.25) is 0 Å². The topological polar surface area (TPSA) is 103 Å². The van der Waals surface area contributed by atoms with Gasteiger partial charge in [0, 0.05) is 70.1 Å². The second-order valence-electron chi connectivity index (χ2n) is 8.65. The molecule has 1 aromatic heterocycles. The number of piperazine rings is 1. The summed E-state index contributed by atoms with van der Waals surface area (Å²) >= 11 is 0. The third kappa shape index (κ3) is 5.39. The van der Waals surface area contributed by atoms with Crippen molar-refractivity contribution in [1.29, 1.82) is 0 Å². The minimum Gasteiger partial charge on any atom is -0.356 e. The van der Waals surface area contributed by atoms with Crippen LogP contribution in [-0.4, -0.2) is 73.7 Å². The summed E-state index contributed by atoms with van der Waals surface area (Å²) in [7, 11) is -3.68. The summed E-state index contributed by atoms with van der Waals surface area (Å²) in [5.41, 5.74) is 1.35. The van der Waals surface area contributed by atoms with E-state index in [1.165, 1.54) is 41.9 Å². The predicted octanol–water partition coefficient (Wildman–Crippen LogP) is 1.85. The molecular weight excluding hydrogens is 454 g/mol. The fourth-order valence-corrected chi connectivity index (χ4v) is 5.83. The summed E-state index contributed by atoms with van der Waals surface area (Å²) in [6.07, 6.45) is 5.29. The number of aromatic nitrogens is 1. The maximum Gasteiger partial charge on any atom is 0.251 e. The number of benzene rings is 1. The first kappa shape index (κ1) is 24.2. The Morgan fingerprint density at radius 2 is 1.62 bits per heavy atom. The van der Waals surface area contributed by atoms with Gasteiger partial charge in [-0.1, -0.05) is 6.07 Å². The van der Waals surface area contributed by atoms with Crippen LogP contribution < -0.4 is 10.2 Å². The Labute approximate surface area is 200 Å². The number of pyridine rings is 1. The van der Waals surface area contributed by atoms with Crippen molar-refractivity contribution in [3.8, 4) is 0 Å². The van der Waals surface area contributed by atoms with Gasteiger partial charge in [-0.15, -0.1) is 0 Å². The molecule has 0 spiro atoms. The summed E-state index contributed by atoms with van der Waals surface area (Å²) in [5.74, 6) is 0.586. The third-order valence-corrected chi connectivity index (χ3v) is 8.31. The molecular formula is C24H31N5O4S. The van der Waals surface area contributed by atoms with E-state index in [1.54, 1.807) is 11.1 Å². The highest BCUT2D eigenvalue weighted by molar-refractivity contribution is 7.89. The molecule has 4 rings (SSSR count). The SMILES string of the molecule is CC(=O)N1CCN(S(=O)(=O)c2ccc(C(=O)NCc3cccnc3N3CCCCC3)cc2)CC1. The Balaban J connectivity index is 1.38. The van der Waals surface area contributed by atoms with Crippen LogP contribution in [0.5, 0.6) is 0 Å². The van der Waals surface area contributed by atoms with Crippen molar-refractivity contribution in [2.75, 3.05) is 44.2 Å². The molecule has 0 unspecified atom stereocenters. The van der Waals surface area contributed by atoms with Gasteiger partial charge in [0.1, 0.15) is 5.82 Å². The largest absolute Gasteiger partial charge is 0.356 e. The van der Waals surface area contributed by atoms with E-state index in [0.29, 0.717) is 25.2 Å². The lowest BCUT2D eigenvalue weighted by Crippen LogP contribution is -2.49. The molecule has 0 saturated carbocycles. The molecule has 10 heteroatoms. The maximum atomic E-state index is 13.0. The van der Waals surface area contributed by atoms with Gasteiger partial charge in [-0.2, -0.15) is 4.31 Å². The zero-order valence-corrected chi connectivity index (χ0v) is 20.3. The maximum absolute atomic E-state index is 13.0. The monoisotopic (exact) mass is 485 g/mol. The van der Waals surface area contributed by atoms with E-state index in [4.69, 9.17) is 0 Å². The highest BCUT2D eigenvalue weighted by Gasteiger charge is 2.29. The Morgan fingerprint density at radius 1 is 0.941 bits per heavy atom. The Kier molecular flexibility index (Phi) is 7.47. The molecule has 0 atom stereocenters. The van der Waals surface area contributed by atoms with Gasteiger partial charge in [-0.05, 0) is 49.6 Å². The number of sulfonamides is 1. The van der Waals surface area contributed by atoms with Crippen LogP contribution in [0, 0.1) is 0 Å². The van der Waals surface area contributed by atoms with Crippen molar-refractivity contribution in [2.45, 2.75) is 37.6 Å². The highest BCUT2D eigenvalue weighted by Crippen LogP contribution is 2.22. The average Bonchev–Trinajstić information content (AvgIpc) is 2.88. The van der Waals surface area contributed by atoms with Gasteiger partial charge in [0.2, 0.25) is 15.9 Å². The lowest BCUT2D eigenvalue weighted by Gasteiger charge is -2.33. The molecule has 34 heavy (non-hydrogen) atoms. The predicted molar refractivity (Wildman–Crippen MR) is 129 cm³/mol. The molecule has 0 aliphatic carbocycles. The van der Waals surface area contributed by atoms with Crippen LogP contribution in [0.15, 0.2) is 47.5 Å². The Morgan fingerprint density at radius 3 is 2.26 bits per heavy atom. The number of piperidine rings is 1. The molecule has 2 amide bonds. The summed E-state index contributed by atoms with van der Waals surface area (Å²) in [4.78, 5) is 32.8. The molecule has 2 saturated heterocycles. The standard InChI is InChI=1S/C24H31N5O4S/c1-19(30)27-14-16-29(17-15-27)34(32,33)22-9-7-20(8-10-22)24(31)26-18-21-6-5-11-25-23(21)28-12-3-2-4-13-28/h5-11H,2-4,12-18H2,1H3,(H,26,31).